The molecule has 2 aromatic carbocycles. The number of aliphatic hydroxyl groups excluding tert-OH is 1. The van der Waals surface area contributed by atoms with E-state index in [9.17, 15) is 23.9 Å². The summed E-state index contributed by atoms with van der Waals surface area (Å²) in [5, 5.41) is 25.7. The Morgan fingerprint density at radius 2 is 1.91 bits per heavy atom. The summed E-state index contributed by atoms with van der Waals surface area (Å²) >= 11 is 1.18. The summed E-state index contributed by atoms with van der Waals surface area (Å²) in [5.74, 6) is -1.07. The zero-order valence-corrected chi connectivity index (χ0v) is 25.0. The number of rotatable bonds is 7. The maximum atomic E-state index is 14.0. The molecule has 2 saturated heterocycles. The van der Waals surface area contributed by atoms with E-state index in [4.69, 9.17) is 5.10 Å². The molecule has 6 rings (SSSR count). The summed E-state index contributed by atoms with van der Waals surface area (Å²) < 4.78 is 29.5. The second kappa shape index (κ2) is 11.5. The molecule has 0 spiro atoms. The number of carbonyl (C=O) groups excluding carboxylic acids is 1. The number of anilines is 3. The maximum Gasteiger partial charge on any atom is 0.236 e. The van der Waals surface area contributed by atoms with E-state index in [-0.39, 0.29) is 5.91 Å². The summed E-state index contributed by atoms with van der Waals surface area (Å²) in [6.45, 7) is 8.90. The third-order valence-electron chi connectivity index (χ3n) is 8.12. The number of hydrogen-bond donors (Lipinski definition) is 1. The highest BCUT2D eigenvalue weighted by atomic mass is 32.1. The van der Waals surface area contributed by atoms with E-state index in [0.29, 0.717) is 47.4 Å². The topological polar surface area (TPSA) is 105 Å². The lowest BCUT2D eigenvalue weighted by molar-refractivity contribution is -0.142. The third-order valence-corrected chi connectivity index (χ3v) is 9.15. The third kappa shape index (κ3) is 5.42. The predicted octanol–water partition coefficient (Wildman–Crippen LogP) is 3.73. The first-order valence-corrected chi connectivity index (χ1v) is 15.0. The van der Waals surface area contributed by atoms with E-state index >= 15 is 0 Å². The fraction of sp³-hybridized carbons (Fsp3) is 0.400. The van der Waals surface area contributed by atoms with Gasteiger partial charge in [-0.15, -0.1) is 0 Å². The molecular formula is C30H32F2N8O2S. The SMILES string of the molecule is CCn1nc2c(C)cc(N3CCN(CC(=O)N4CC(O)C4)CC3)cc2c1N(C)c1nc(-c2ccc(F)c(F)c2)c(C#N)s1. The highest BCUT2D eigenvalue weighted by Crippen LogP contribution is 2.40. The van der Waals surface area contributed by atoms with E-state index in [1.54, 1.807) is 4.90 Å². The van der Waals surface area contributed by atoms with Crippen LogP contribution >= 0.6 is 11.3 Å². The number of carbonyl (C=O) groups is 1. The van der Waals surface area contributed by atoms with Crippen molar-refractivity contribution >= 4 is 44.8 Å². The average molecular weight is 607 g/mol. The van der Waals surface area contributed by atoms with E-state index in [1.807, 2.05) is 30.5 Å². The lowest BCUT2D eigenvalue weighted by Crippen LogP contribution is -2.57. The fourth-order valence-corrected chi connectivity index (χ4v) is 6.55. The number of piperazine rings is 1. The number of thiazole rings is 1. The molecule has 10 nitrogen and oxygen atoms in total. The van der Waals surface area contributed by atoms with Gasteiger partial charge >= 0.3 is 0 Å². The number of aliphatic hydroxyl groups is 1. The van der Waals surface area contributed by atoms with Gasteiger partial charge in [-0.2, -0.15) is 10.4 Å². The largest absolute Gasteiger partial charge is 0.389 e. The minimum absolute atomic E-state index is 0.0603. The lowest BCUT2D eigenvalue weighted by atomic mass is 10.1. The number of hydrogen-bond acceptors (Lipinski definition) is 9. The van der Waals surface area contributed by atoms with Gasteiger partial charge in [0.25, 0.3) is 0 Å². The first-order valence-electron chi connectivity index (χ1n) is 14.2. The fourth-order valence-electron chi connectivity index (χ4n) is 5.70. The number of fused-ring (bicyclic) bond motifs is 1. The van der Waals surface area contributed by atoms with Gasteiger partial charge in [-0.25, -0.2) is 18.4 Å². The lowest BCUT2D eigenvalue weighted by Gasteiger charge is -2.39. The highest BCUT2D eigenvalue weighted by molar-refractivity contribution is 7.16. The molecule has 43 heavy (non-hydrogen) atoms. The highest BCUT2D eigenvalue weighted by Gasteiger charge is 2.31. The summed E-state index contributed by atoms with van der Waals surface area (Å²) in [6, 6.07) is 9.93. The van der Waals surface area contributed by atoms with Gasteiger partial charge in [0.2, 0.25) is 5.91 Å². The predicted molar refractivity (Wildman–Crippen MR) is 162 cm³/mol. The van der Waals surface area contributed by atoms with E-state index in [1.165, 1.54) is 17.4 Å². The Labute approximate surface area is 252 Å². The van der Waals surface area contributed by atoms with Crippen LogP contribution in [0.5, 0.6) is 0 Å². The van der Waals surface area contributed by atoms with Crippen LogP contribution in [0.3, 0.4) is 0 Å². The van der Waals surface area contributed by atoms with Crippen LogP contribution in [0, 0.1) is 29.9 Å². The number of aromatic nitrogens is 3. The van der Waals surface area contributed by atoms with Crippen LogP contribution in [0.4, 0.5) is 25.4 Å². The monoisotopic (exact) mass is 606 g/mol. The molecule has 0 unspecified atom stereocenters. The molecule has 0 radical (unpaired) electrons. The molecular weight excluding hydrogens is 574 g/mol. The van der Waals surface area contributed by atoms with Crippen molar-refractivity contribution in [2.75, 3.05) is 62.7 Å². The van der Waals surface area contributed by atoms with Gasteiger partial charge in [0.15, 0.2) is 16.8 Å². The second-order valence-electron chi connectivity index (χ2n) is 11.0. The van der Waals surface area contributed by atoms with Crippen LogP contribution in [0.1, 0.15) is 17.4 Å². The van der Waals surface area contributed by atoms with Crippen LogP contribution in [0.25, 0.3) is 22.2 Å². The molecule has 1 N–H and O–H groups in total. The normalized spacial score (nSPS) is 16.0. The number of nitrogens with zero attached hydrogens (tertiary/aromatic N) is 8. The molecule has 2 aliphatic heterocycles. The standard InChI is InChI=1S/C30H32F2N8O2S/c1-4-40-29(36(3)30-34-28(25(14-33)43-30)19-5-6-23(31)24(32)12-19)22-13-20(11-18(2)27(22)35-40)38-9-7-37(8-10-38)17-26(42)39-15-21(41)16-39/h5-6,11-13,21,41H,4,7-10,15-17H2,1-3H3. The van der Waals surface area contributed by atoms with Crippen molar-refractivity contribution in [3.63, 3.8) is 0 Å². The Kier molecular flexibility index (Phi) is 7.76. The van der Waals surface area contributed by atoms with E-state index < -0.39 is 17.7 Å². The molecule has 4 heterocycles. The number of halogens is 2. The minimum Gasteiger partial charge on any atom is -0.389 e. The number of nitriles is 1. The van der Waals surface area contributed by atoms with Crippen LogP contribution in [0.2, 0.25) is 0 Å². The quantitative estimate of drug-likeness (QED) is 0.340. The zero-order chi connectivity index (χ0) is 30.4. The van der Waals surface area contributed by atoms with Gasteiger partial charge in [-0.3, -0.25) is 9.69 Å². The number of likely N-dealkylation sites (tertiary alicyclic amines) is 1. The maximum absolute atomic E-state index is 14.0. The Morgan fingerprint density at radius 1 is 1.16 bits per heavy atom. The number of amides is 1. The number of aryl methyl sites for hydroxylation is 2. The molecule has 1 amide bonds. The van der Waals surface area contributed by atoms with Gasteiger partial charge < -0.3 is 19.8 Å². The van der Waals surface area contributed by atoms with Crippen LogP contribution in [0.15, 0.2) is 30.3 Å². The molecule has 0 bridgehead atoms. The molecule has 4 aromatic rings. The molecule has 0 saturated carbocycles. The van der Waals surface area contributed by atoms with Crippen molar-refractivity contribution in [3.8, 4) is 17.3 Å². The molecule has 224 valence electrons. The van der Waals surface area contributed by atoms with Gasteiger partial charge in [0.05, 0.1) is 18.2 Å². The molecule has 0 atom stereocenters. The van der Waals surface area contributed by atoms with Crippen LogP contribution < -0.4 is 9.80 Å². The van der Waals surface area contributed by atoms with Crippen molar-refractivity contribution in [3.05, 3.63) is 52.4 Å². The molecule has 2 aromatic heterocycles. The average Bonchev–Trinajstić information content (AvgIpc) is 3.59. The number of benzene rings is 2. The molecule has 2 aliphatic rings. The van der Waals surface area contributed by atoms with Crippen molar-refractivity contribution in [2.45, 2.75) is 26.5 Å². The smallest absolute Gasteiger partial charge is 0.236 e. The summed E-state index contributed by atoms with van der Waals surface area (Å²) in [6.07, 6.45) is -0.398. The Hall–Kier alpha value is -4.12. The van der Waals surface area contributed by atoms with Gasteiger partial charge in [0, 0.05) is 69.5 Å². The minimum atomic E-state index is -0.995. The first-order chi connectivity index (χ1) is 20.7. The molecule has 13 heteroatoms. The van der Waals surface area contributed by atoms with E-state index in [2.05, 4.69) is 33.0 Å². The summed E-state index contributed by atoms with van der Waals surface area (Å²) in [4.78, 5) is 25.5. The van der Waals surface area contributed by atoms with Gasteiger partial charge in [-0.05, 0) is 49.7 Å². The summed E-state index contributed by atoms with van der Waals surface area (Å²) in [5.41, 5.74) is 3.60. The summed E-state index contributed by atoms with van der Waals surface area (Å²) in [7, 11) is 1.87. The van der Waals surface area contributed by atoms with Crippen molar-refractivity contribution < 1.29 is 18.7 Å². The molecule has 2 fully saturated rings. The van der Waals surface area contributed by atoms with Gasteiger partial charge in [0.1, 0.15) is 22.5 Å². The van der Waals surface area contributed by atoms with Crippen molar-refractivity contribution in [1.29, 1.82) is 5.26 Å². The van der Waals surface area contributed by atoms with E-state index in [0.717, 1.165) is 66.3 Å². The van der Waals surface area contributed by atoms with Crippen molar-refractivity contribution in [1.82, 2.24) is 24.6 Å². The Bertz CT molecular complexity index is 1730. The van der Waals surface area contributed by atoms with Crippen LogP contribution in [-0.2, 0) is 11.3 Å². The van der Waals surface area contributed by atoms with Crippen molar-refractivity contribution in [2.24, 2.45) is 0 Å². The zero-order valence-electron chi connectivity index (χ0n) is 24.2. The second-order valence-corrected chi connectivity index (χ2v) is 12.0. The first kappa shape index (κ1) is 29.0. The van der Waals surface area contributed by atoms with Gasteiger partial charge in [-0.1, -0.05) is 11.3 Å². The Morgan fingerprint density at radius 3 is 2.56 bits per heavy atom. The molecule has 0 aliphatic carbocycles. The number of β-amino-alcohol motifs (C(OH)–C–C–N with tert-alkyl or cyclic N) is 1. The van der Waals surface area contributed by atoms with Crippen LogP contribution in [-0.4, -0.2) is 94.5 Å². The Balaban J connectivity index is 1.27.